The van der Waals surface area contributed by atoms with Crippen LogP contribution >= 0.6 is 0 Å². The van der Waals surface area contributed by atoms with E-state index >= 15 is 0 Å². The van der Waals surface area contributed by atoms with Gasteiger partial charge in [0.05, 0.1) is 5.69 Å². The van der Waals surface area contributed by atoms with Crippen molar-refractivity contribution in [3.8, 4) is 22.6 Å². The number of H-pyrrole nitrogens is 1. The number of urea groups is 1. The van der Waals surface area contributed by atoms with Gasteiger partial charge in [0, 0.05) is 42.5 Å². The maximum atomic E-state index is 13.2. The SMILES string of the molecule is Cc1ccc(NC(=O)Nc2cc(-c3ccccc3-c3nnn[nH]3)nc(N3CCN(Cc4ccccc4)C(=O)C3)n2)cc1. The average Bonchev–Trinajstić information content (AvgIpc) is 3.55. The molecule has 42 heavy (non-hydrogen) atoms. The number of carbonyl (C=O) groups excluding carboxylic acids is 2. The molecule has 0 saturated carbocycles. The second-order valence-corrected chi connectivity index (χ2v) is 9.90. The minimum atomic E-state index is -0.453. The van der Waals surface area contributed by atoms with Gasteiger partial charge in [-0.25, -0.2) is 14.9 Å². The first-order valence-electron chi connectivity index (χ1n) is 13.5. The smallest absolute Gasteiger partial charge is 0.324 e. The van der Waals surface area contributed by atoms with E-state index in [1.807, 2.05) is 95.6 Å². The largest absolute Gasteiger partial charge is 0.335 e. The summed E-state index contributed by atoms with van der Waals surface area (Å²) in [6.07, 6.45) is 0. The molecule has 1 saturated heterocycles. The molecule has 2 aromatic heterocycles. The van der Waals surface area contributed by atoms with Crippen LogP contribution in [-0.2, 0) is 11.3 Å². The maximum absolute atomic E-state index is 13.2. The van der Waals surface area contributed by atoms with Gasteiger partial charge in [-0.2, -0.15) is 4.98 Å². The van der Waals surface area contributed by atoms with Gasteiger partial charge in [0.2, 0.25) is 11.9 Å². The Bertz CT molecular complexity index is 1690. The number of benzene rings is 3. The van der Waals surface area contributed by atoms with E-state index in [-0.39, 0.29) is 18.3 Å². The molecule has 6 rings (SSSR count). The molecule has 0 spiro atoms. The minimum absolute atomic E-state index is 0.0288. The molecule has 0 aliphatic carbocycles. The Kier molecular flexibility index (Phi) is 7.49. The molecular formula is C30H28N10O2. The van der Waals surface area contributed by atoms with Gasteiger partial charge in [0.1, 0.15) is 12.4 Å². The van der Waals surface area contributed by atoms with Crippen LogP contribution in [0.25, 0.3) is 22.6 Å². The molecule has 12 heteroatoms. The van der Waals surface area contributed by atoms with E-state index in [1.165, 1.54) is 0 Å². The first kappa shape index (κ1) is 26.6. The van der Waals surface area contributed by atoms with Crippen LogP contribution in [0.15, 0.2) is 84.9 Å². The number of anilines is 3. The molecule has 1 fully saturated rings. The molecule has 5 aromatic rings. The van der Waals surface area contributed by atoms with Crippen LogP contribution in [0.5, 0.6) is 0 Å². The summed E-state index contributed by atoms with van der Waals surface area (Å²) in [4.78, 5) is 39.2. The standard InChI is InChI=1S/C30H28N10O2/c1-20-11-13-22(14-12-20)31-30(42)34-26-17-25(23-9-5-6-10-24(23)28-35-37-38-36-28)32-29(33-26)40-16-15-39(27(41)19-40)18-21-7-3-2-4-8-21/h2-14,17H,15-16,18-19H2,1H3,(H,35,36,37,38)(H2,31,32,33,34,42). The highest BCUT2D eigenvalue weighted by Gasteiger charge is 2.27. The van der Waals surface area contributed by atoms with E-state index in [2.05, 4.69) is 36.2 Å². The predicted octanol–water partition coefficient (Wildman–Crippen LogP) is 4.12. The minimum Gasteiger partial charge on any atom is -0.335 e. The van der Waals surface area contributed by atoms with Crippen molar-refractivity contribution in [3.63, 3.8) is 0 Å². The van der Waals surface area contributed by atoms with E-state index in [4.69, 9.17) is 4.98 Å². The van der Waals surface area contributed by atoms with Crippen molar-refractivity contribution in [2.75, 3.05) is 35.2 Å². The van der Waals surface area contributed by atoms with Crippen LogP contribution < -0.4 is 15.5 Å². The van der Waals surface area contributed by atoms with Crippen molar-refractivity contribution >= 4 is 29.4 Å². The van der Waals surface area contributed by atoms with Crippen LogP contribution in [0.1, 0.15) is 11.1 Å². The zero-order valence-corrected chi connectivity index (χ0v) is 22.9. The van der Waals surface area contributed by atoms with E-state index in [9.17, 15) is 9.59 Å². The molecule has 0 atom stereocenters. The molecule has 0 bridgehead atoms. The average molecular weight is 561 g/mol. The molecule has 3 aromatic carbocycles. The highest BCUT2D eigenvalue weighted by Crippen LogP contribution is 2.31. The molecule has 0 unspecified atom stereocenters. The van der Waals surface area contributed by atoms with Crippen molar-refractivity contribution in [1.29, 1.82) is 0 Å². The molecule has 1 aliphatic heterocycles. The van der Waals surface area contributed by atoms with E-state index in [0.717, 1.165) is 22.3 Å². The number of carbonyl (C=O) groups is 2. The number of piperazine rings is 1. The molecule has 210 valence electrons. The summed E-state index contributed by atoms with van der Waals surface area (Å²) in [5.74, 6) is 1.06. The van der Waals surface area contributed by atoms with Gasteiger partial charge < -0.3 is 15.1 Å². The van der Waals surface area contributed by atoms with Gasteiger partial charge in [-0.1, -0.05) is 72.3 Å². The second-order valence-electron chi connectivity index (χ2n) is 9.90. The van der Waals surface area contributed by atoms with Crippen LogP contribution in [-0.4, -0.2) is 67.1 Å². The fourth-order valence-electron chi connectivity index (χ4n) is 4.73. The van der Waals surface area contributed by atoms with Crippen molar-refractivity contribution in [1.82, 2.24) is 35.5 Å². The summed E-state index contributed by atoms with van der Waals surface area (Å²) < 4.78 is 0. The van der Waals surface area contributed by atoms with Crippen molar-refractivity contribution < 1.29 is 9.59 Å². The fraction of sp³-hybridized carbons (Fsp3) is 0.167. The van der Waals surface area contributed by atoms with Crippen molar-refractivity contribution in [3.05, 3.63) is 96.1 Å². The van der Waals surface area contributed by atoms with Crippen LogP contribution in [0.3, 0.4) is 0 Å². The van der Waals surface area contributed by atoms with Crippen molar-refractivity contribution in [2.45, 2.75) is 13.5 Å². The first-order chi connectivity index (χ1) is 20.5. The number of nitrogens with zero attached hydrogens (tertiary/aromatic N) is 7. The lowest BCUT2D eigenvalue weighted by Gasteiger charge is -2.34. The first-order valence-corrected chi connectivity index (χ1v) is 13.5. The lowest BCUT2D eigenvalue weighted by atomic mass is 10.0. The lowest BCUT2D eigenvalue weighted by molar-refractivity contribution is -0.131. The van der Waals surface area contributed by atoms with Gasteiger partial charge in [0.15, 0.2) is 5.82 Å². The summed E-state index contributed by atoms with van der Waals surface area (Å²) in [7, 11) is 0. The Morgan fingerprint density at radius 1 is 0.905 bits per heavy atom. The lowest BCUT2D eigenvalue weighted by Crippen LogP contribution is -2.50. The van der Waals surface area contributed by atoms with Gasteiger partial charge in [-0.05, 0) is 35.0 Å². The van der Waals surface area contributed by atoms with Crippen molar-refractivity contribution in [2.24, 2.45) is 0 Å². The summed E-state index contributed by atoms with van der Waals surface area (Å²) >= 11 is 0. The third kappa shape index (κ3) is 6.07. The Hall–Kier alpha value is -5.65. The number of aryl methyl sites for hydroxylation is 1. The molecule has 3 amide bonds. The number of hydrogen-bond donors (Lipinski definition) is 3. The molecular weight excluding hydrogens is 532 g/mol. The summed E-state index contributed by atoms with van der Waals surface area (Å²) in [5, 5.41) is 19.9. The quantitative estimate of drug-likeness (QED) is 0.270. The number of aromatic nitrogens is 6. The number of amides is 3. The second kappa shape index (κ2) is 11.8. The van der Waals surface area contributed by atoms with Crippen LogP contribution in [0, 0.1) is 6.92 Å². The third-order valence-electron chi connectivity index (χ3n) is 6.89. The normalized spacial score (nSPS) is 13.2. The highest BCUT2D eigenvalue weighted by molar-refractivity contribution is 5.99. The Labute approximate surface area is 241 Å². The third-order valence-corrected chi connectivity index (χ3v) is 6.89. The Morgan fingerprint density at radius 2 is 1.67 bits per heavy atom. The van der Waals surface area contributed by atoms with Crippen LogP contribution in [0.4, 0.5) is 22.2 Å². The number of aromatic amines is 1. The predicted molar refractivity (Wildman–Crippen MR) is 159 cm³/mol. The highest BCUT2D eigenvalue weighted by atomic mass is 16.2. The maximum Gasteiger partial charge on any atom is 0.324 e. The fourth-order valence-corrected chi connectivity index (χ4v) is 4.73. The molecule has 3 N–H and O–H groups in total. The zero-order valence-electron chi connectivity index (χ0n) is 22.9. The summed E-state index contributed by atoms with van der Waals surface area (Å²) in [6.45, 7) is 3.67. The van der Waals surface area contributed by atoms with E-state index < -0.39 is 6.03 Å². The number of rotatable bonds is 7. The number of hydrogen-bond acceptors (Lipinski definition) is 8. The Balaban J connectivity index is 1.29. The molecule has 0 radical (unpaired) electrons. The molecule has 1 aliphatic rings. The van der Waals surface area contributed by atoms with Gasteiger partial charge in [0.25, 0.3) is 0 Å². The number of tetrazole rings is 1. The monoisotopic (exact) mass is 560 g/mol. The van der Waals surface area contributed by atoms with E-state index in [1.54, 1.807) is 6.07 Å². The molecule has 12 nitrogen and oxygen atoms in total. The van der Waals surface area contributed by atoms with Gasteiger partial charge >= 0.3 is 6.03 Å². The Morgan fingerprint density at radius 3 is 2.40 bits per heavy atom. The van der Waals surface area contributed by atoms with Gasteiger partial charge in [-0.3, -0.25) is 10.1 Å². The summed E-state index contributed by atoms with van der Waals surface area (Å²) in [6, 6.07) is 26.2. The topological polar surface area (TPSA) is 145 Å². The zero-order chi connectivity index (χ0) is 28.9. The summed E-state index contributed by atoms with van der Waals surface area (Å²) in [5.41, 5.74) is 4.81. The van der Waals surface area contributed by atoms with Gasteiger partial charge in [-0.15, -0.1) is 5.10 Å². The molecule has 3 heterocycles. The van der Waals surface area contributed by atoms with Crippen LogP contribution in [0.2, 0.25) is 0 Å². The number of nitrogens with one attached hydrogen (secondary N) is 3. The van der Waals surface area contributed by atoms with E-state index in [0.29, 0.717) is 42.8 Å².